The zero-order valence-electron chi connectivity index (χ0n) is 10.1. The van der Waals surface area contributed by atoms with E-state index in [1.54, 1.807) is 0 Å². The highest BCUT2D eigenvalue weighted by molar-refractivity contribution is 5.02. The van der Waals surface area contributed by atoms with Crippen LogP contribution in [-0.4, -0.2) is 36.3 Å². The molecule has 1 unspecified atom stereocenters. The number of aromatic nitrogens is 2. The Bertz CT molecular complexity index is 321. The first-order valence-corrected chi connectivity index (χ1v) is 6.68. The second-order valence-corrected chi connectivity index (χ2v) is 5.06. The highest BCUT2D eigenvalue weighted by atomic mass is 16.5. The highest BCUT2D eigenvalue weighted by Crippen LogP contribution is 2.26. The van der Waals surface area contributed by atoms with Crippen LogP contribution in [0.1, 0.15) is 49.2 Å². The van der Waals surface area contributed by atoms with Gasteiger partial charge < -0.3 is 15.2 Å². The molecule has 5 heteroatoms. The molecule has 0 radical (unpaired) electrons. The quantitative estimate of drug-likeness (QED) is 0.802. The van der Waals surface area contributed by atoms with E-state index < -0.39 is 0 Å². The van der Waals surface area contributed by atoms with Crippen molar-refractivity contribution in [1.29, 1.82) is 0 Å². The molecule has 3 rings (SSSR count). The lowest BCUT2D eigenvalue weighted by atomic mass is 9.97. The maximum Gasteiger partial charge on any atom is 0.231 e. The van der Waals surface area contributed by atoms with Gasteiger partial charge in [-0.05, 0) is 45.3 Å². The molecule has 0 bridgehead atoms. The van der Waals surface area contributed by atoms with Crippen LogP contribution in [0.3, 0.4) is 0 Å². The Balaban J connectivity index is 1.68. The molecule has 17 heavy (non-hydrogen) atoms. The lowest BCUT2D eigenvalue weighted by molar-refractivity contribution is 0.316. The van der Waals surface area contributed by atoms with E-state index in [1.807, 2.05) is 0 Å². The monoisotopic (exact) mass is 236 g/mol. The van der Waals surface area contributed by atoms with Crippen LogP contribution in [0, 0.1) is 0 Å². The Kier molecular flexibility index (Phi) is 3.38. The second kappa shape index (κ2) is 5.14. The zero-order valence-corrected chi connectivity index (χ0v) is 10.1. The third kappa shape index (κ3) is 2.50. The Morgan fingerprint density at radius 1 is 1.00 bits per heavy atom. The van der Waals surface area contributed by atoms with Gasteiger partial charge in [0.2, 0.25) is 5.89 Å². The molecule has 0 saturated carbocycles. The topological polar surface area (TPSA) is 63.0 Å². The largest absolute Gasteiger partial charge is 0.339 e. The van der Waals surface area contributed by atoms with Crippen LogP contribution >= 0.6 is 0 Å². The molecule has 94 valence electrons. The first-order chi connectivity index (χ1) is 8.43. The number of nitrogens with zero attached hydrogens (tertiary/aromatic N) is 2. The van der Waals surface area contributed by atoms with E-state index in [4.69, 9.17) is 4.52 Å². The fourth-order valence-electron chi connectivity index (χ4n) is 2.72. The average molecular weight is 236 g/mol. The van der Waals surface area contributed by atoms with Gasteiger partial charge in [-0.25, -0.2) is 0 Å². The SMILES string of the molecule is C1CNCC(c2nc(C3CCNCC3)no2)C1. The van der Waals surface area contributed by atoms with Gasteiger partial charge in [0, 0.05) is 12.5 Å². The Labute approximate surface area is 101 Å². The molecule has 0 aliphatic carbocycles. The molecule has 2 saturated heterocycles. The van der Waals surface area contributed by atoms with Gasteiger partial charge in [0.15, 0.2) is 5.82 Å². The van der Waals surface area contributed by atoms with Crippen LogP contribution in [0.4, 0.5) is 0 Å². The maximum absolute atomic E-state index is 5.44. The van der Waals surface area contributed by atoms with Crippen LogP contribution in [0.5, 0.6) is 0 Å². The molecule has 0 amide bonds. The number of nitrogens with one attached hydrogen (secondary N) is 2. The summed E-state index contributed by atoms with van der Waals surface area (Å²) in [6.07, 6.45) is 4.63. The van der Waals surface area contributed by atoms with E-state index in [-0.39, 0.29) is 0 Å². The van der Waals surface area contributed by atoms with Crippen molar-refractivity contribution in [3.63, 3.8) is 0 Å². The summed E-state index contributed by atoms with van der Waals surface area (Å²) in [6.45, 7) is 4.23. The lowest BCUT2D eigenvalue weighted by Crippen LogP contribution is -2.29. The number of piperidine rings is 2. The summed E-state index contributed by atoms with van der Waals surface area (Å²) in [5, 5.41) is 10.9. The minimum absolute atomic E-state index is 0.423. The molecule has 2 aliphatic rings. The minimum Gasteiger partial charge on any atom is -0.339 e. The standard InChI is InChI=1S/C12H20N4O/c1-2-10(8-14-5-1)12-15-11(16-17-12)9-3-6-13-7-4-9/h9-10,13-14H,1-8H2. The zero-order chi connectivity index (χ0) is 11.5. The van der Waals surface area contributed by atoms with Gasteiger partial charge in [0.25, 0.3) is 0 Å². The van der Waals surface area contributed by atoms with Crippen LogP contribution in [0.15, 0.2) is 4.52 Å². The molecular weight excluding hydrogens is 216 g/mol. The summed E-state index contributed by atoms with van der Waals surface area (Å²) in [6, 6.07) is 0. The summed E-state index contributed by atoms with van der Waals surface area (Å²) in [5.74, 6) is 2.68. The molecule has 1 atom stereocenters. The van der Waals surface area contributed by atoms with Crippen LogP contribution in [0.25, 0.3) is 0 Å². The average Bonchev–Trinajstić information content (AvgIpc) is 2.90. The van der Waals surface area contributed by atoms with Gasteiger partial charge in [-0.2, -0.15) is 4.98 Å². The summed E-state index contributed by atoms with van der Waals surface area (Å²) in [5.41, 5.74) is 0. The fraction of sp³-hybridized carbons (Fsp3) is 0.833. The Morgan fingerprint density at radius 2 is 1.88 bits per heavy atom. The van der Waals surface area contributed by atoms with Gasteiger partial charge in [-0.1, -0.05) is 5.16 Å². The minimum atomic E-state index is 0.423. The van der Waals surface area contributed by atoms with Gasteiger partial charge in [-0.3, -0.25) is 0 Å². The number of rotatable bonds is 2. The molecule has 2 aliphatic heterocycles. The molecule has 1 aromatic heterocycles. The Morgan fingerprint density at radius 3 is 2.65 bits per heavy atom. The van der Waals surface area contributed by atoms with Gasteiger partial charge >= 0.3 is 0 Å². The van der Waals surface area contributed by atoms with Crippen LogP contribution in [-0.2, 0) is 0 Å². The van der Waals surface area contributed by atoms with E-state index >= 15 is 0 Å². The van der Waals surface area contributed by atoms with Crippen LogP contribution < -0.4 is 10.6 Å². The normalized spacial score (nSPS) is 27.2. The van der Waals surface area contributed by atoms with E-state index in [0.717, 1.165) is 50.7 Å². The summed E-state index contributed by atoms with van der Waals surface area (Å²) in [7, 11) is 0. The summed E-state index contributed by atoms with van der Waals surface area (Å²) in [4.78, 5) is 4.61. The van der Waals surface area contributed by atoms with Gasteiger partial charge in [-0.15, -0.1) is 0 Å². The van der Waals surface area contributed by atoms with Crippen molar-refractivity contribution in [2.45, 2.75) is 37.5 Å². The predicted molar refractivity (Wildman–Crippen MR) is 64.0 cm³/mol. The third-order valence-electron chi connectivity index (χ3n) is 3.81. The summed E-state index contributed by atoms with van der Waals surface area (Å²) < 4.78 is 5.44. The molecular formula is C12H20N4O. The van der Waals surface area contributed by atoms with Crippen molar-refractivity contribution in [2.75, 3.05) is 26.2 Å². The van der Waals surface area contributed by atoms with E-state index in [9.17, 15) is 0 Å². The highest BCUT2D eigenvalue weighted by Gasteiger charge is 2.25. The van der Waals surface area contributed by atoms with E-state index in [2.05, 4.69) is 20.8 Å². The van der Waals surface area contributed by atoms with Crippen molar-refractivity contribution in [1.82, 2.24) is 20.8 Å². The van der Waals surface area contributed by atoms with Crippen molar-refractivity contribution >= 4 is 0 Å². The smallest absolute Gasteiger partial charge is 0.231 e. The molecule has 5 nitrogen and oxygen atoms in total. The fourth-order valence-corrected chi connectivity index (χ4v) is 2.72. The van der Waals surface area contributed by atoms with Crippen molar-refractivity contribution in [3.8, 4) is 0 Å². The third-order valence-corrected chi connectivity index (χ3v) is 3.81. The molecule has 0 spiro atoms. The molecule has 2 fully saturated rings. The van der Waals surface area contributed by atoms with Crippen LogP contribution in [0.2, 0.25) is 0 Å². The maximum atomic E-state index is 5.44. The second-order valence-electron chi connectivity index (χ2n) is 5.06. The molecule has 0 aromatic carbocycles. The lowest BCUT2D eigenvalue weighted by Gasteiger charge is -2.20. The molecule has 1 aromatic rings. The van der Waals surface area contributed by atoms with E-state index in [1.165, 1.54) is 12.8 Å². The molecule has 2 N–H and O–H groups in total. The van der Waals surface area contributed by atoms with Crippen molar-refractivity contribution in [3.05, 3.63) is 11.7 Å². The first-order valence-electron chi connectivity index (χ1n) is 6.68. The summed E-state index contributed by atoms with van der Waals surface area (Å²) >= 11 is 0. The molecule has 3 heterocycles. The first kappa shape index (κ1) is 11.2. The van der Waals surface area contributed by atoms with E-state index in [0.29, 0.717) is 11.8 Å². The Hall–Kier alpha value is -0.940. The van der Waals surface area contributed by atoms with Gasteiger partial charge in [0.05, 0.1) is 5.92 Å². The number of hydrogen-bond acceptors (Lipinski definition) is 5. The predicted octanol–water partition coefficient (Wildman–Crippen LogP) is 1.00. The number of hydrogen-bond donors (Lipinski definition) is 2. The van der Waals surface area contributed by atoms with Gasteiger partial charge in [0.1, 0.15) is 0 Å². The van der Waals surface area contributed by atoms with Crippen molar-refractivity contribution in [2.24, 2.45) is 0 Å². The van der Waals surface area contributed by atoms with Crippen molar-refractivity contribution < 1.29 is 4.52 Å².